The van der Waals surface area contributed by atoms with Crippen LogP contribution in [0.2, 0.25) is 0 Å². The summed E-state index contributed by atoms with van der Waals surface area (Å²) in [5.74, 6) is -2.14. The summed E-state index contributed by atoms with van der Waals surface area (Å²) in [6.07, 6.45) is 0.256. The van der Waals surface area contributed by atoms with Crippen molar-refractivity contribution in [3.63, 3.8) is 0 Å². The Hall–Kier alpha value is -2.21. The minimum Gasteiger partial charge on any atom is -0.387 e. The summed E-state index contributed by atoms with van der Waals surface area (Å²) < 4.78 is 41.9. The summed E-state index contributed by atoms with van der Waals surface area (Å²) >= 11 is 0. The number of aliphatic hydroxyl groups excluding tert-OH is 1. The van der Waals surface area contributed by atoms with Crippen LogP contribution in [-0.2, 0) is 16.9 Å². The molecule has 0 spiro atoms. The zero-order valence-corrected chi connectivity index (χ0v) is 12.8. The highest BCUT2D eigenvalue weighted by Crippen LogP contribution is 2.43. The van der Waals surface area contributed by atoms with E-state index in [0.29, 0.717) is 0 Å². The molecule has 1 aliphatic carbocycles. The largest absolute Gasteiger partial charge is 0.387 e. The molecule has 126 valence electrons. The van der Waals surface area contributed by atoms with E-state index in [0.717, 1.165) is 12.1 Å². The highest BCUT2D eigenvalue weighted by atomic mass is 19.1. The predicted molar refractivity (Wildman–Crippen MR) is 80.9 cm³/mol. The first-order valence-electron chi connectivity index (χ1n) is 7.71. The molecule has 3 rings (SSSR count). The lowest BCUT2D eigenvalue weighted by molar-refractivity contribution is -0.133. The molecular weight excluding hydrogens is 319 g/mol. The van der Waals surface area contributed by atoms with Gasteiger partial charge in [-0.25, -0.2) is 13.2 Å². The standard InChI is InChI=1S/C18H16F3NO2/c19-12-5-3-11(14(20)10-12)4-6-16(24)18(21)8-7-15(23)17-13(18)2-1-9-22-17/h1-3,5,9-10,15,23H,4,6-8H2/t15-,18+/m1/s1. The fourth-order valence-corrected chi connectivity index (χ4v) is 3.09. The van der Waals surface area contributed by atoms with E-state index in [1.165, 1.54) is 24.4 Å². The monoisotopic (exact) mass is 335 g/mol. The molecule has 0 saturated carbocycles. The van der Waals surface area contributed by atoms with Crippen LogP contribution in [0.25, 0.3) is 0 Å². The van der Waals surface area contributed by atoms with Gasteiger partial charge in [-0.1, -0.05) is 12.1 Å². The maximum Gasteiger partial charge on any atom is 0.195 e. The molecule has 0 radical (unpaired) electrons. The van der Waals surface area contributed by atoms with Gasteiger partial charge in [0.1, 0.15) is 11.6 Å². The molecular formula is C18H16F3NO2. The molecule has 1 aromatic heterocycles. The SMILES string of the molecule is O=C(CCc1ccc(F)cc1F)[C@]1(F)CC[C@@H](O)c2ncccc21. The molecule has 2 aromatic rings. The number of halogens is 3. The van der Waals surface area contributed by atoms with Crippen LogP contribution in [0.15, 0.2) is 36.5 Å². The number of pyridine rings is 1. The van der Waals surface area contributed by atoms with Crippen molar-refractivity contribution in [1.82, 2.24) is 4.98 Å². The molecule has 1 heterocycles. The number of alkyl halides is 1. The second-order valence-electron chi connectivity index (χ2n) is 5.95. The summed E-state index contributed by atoms with van der Waals surface area (Å²) in [5, 5.41) is 9.92. The maximum atomic E-state index is 15.3. The summed E-state index contributed by atoms with van der Waals surface area (Å²) in [7, 11) is 0. The number of fused-ring (bicyclic) bond motifs is 1. The van der Waals surface area contributed by atoms with Crippen LogP contribution < -0.4 is 0 Å². The molecule has 0 aliphatic heterocycles. The van der Waals surface area contributed by atoms with Crippen LogP contribution in [0.3, 0.4) is 0 Å². The van der Waals surface area contributed by atoms with E-state index in [-0.39, 0.29) is 42.5 Å². The van der Waals surface area contributed by atoms with E-state index in [1.807, 2.05) is 0 Å². The molecule has 0 saturated heterocycles. The lowest BCUT2D eigenvalue weighted by Crippen LogP contribution is -2.37. The van der Waals surface area contributed by atoms with Gasteiger partial charge in [0.2, 0.25) is 0 Å². The Morgan fingerprint density at radius 1 is 1.33 bits per heavy atom. The molecule has 0 unspecified atom stereocenters. The minimum atomic E-state index is -2.24. The van der Waals surface area contributed by atoms with Gasteiger partial charge in [-0.2, -0.15) is 0 Å². The highest BCUT2D eigenvalue weighted by Gasteiger charge is 2.45. The number of aliphatic hydroxyl groups is 1. The number of hydrogen-bond acceptors (Lipinski definition) is 3. The second kappa shape index (κ2) is 6.36. The Balaban J connectivity index is 1.81. The number of hydrogen-bond donors (Lipinski definition) is 1. The number of rotatable bonds is 4. The maximum absolute atomic E-state index is 15.3. The first kappa shape index (κ1) is 16.6. The van der Waals surface area contributed by atoms with Crippen molar-refractivity contribution in [3.8, 4) is 0 Å². The van der Waals surface area contributed by atoms with Crippen molar-refractivity contribution >= 4 is 5.78 Å². The van der Waals surface area contributed by atoms with Gasteiger partial charge in [-0.05, 0) is 37.0 Å². The van der Waals surface area contributed by atoms with Crippen molar-refractivity contribution in [1.29, 1.82) is 0 Å². The molecule has 1 aliphatic rings. The third-order valence-corrected chi connectivity index (χ3v) is 4.42. The fraction of sp³-hybridized carbons (Fsp3) is 0.333. The Kier molecular flexibility index (Phi) is 4.41. The van der Waals surface area contributed by atoms with Gasteiger partial charge in [0, 0.05) is 24.2 Å². The number of nitrogens with zero attached hydrogens (tertiary/aromatic N) is 1. The van der Waals surface area contributed by atoms with Crippen molar-refractivity contribution in [2.45, 2.75) is 37.5 Å². The topological polar surface area (TPSA) is 50.2 Å². The van der Waals surface area contributed by atoms with Crippen molar-refractivity contribution in [2.24, 2.45) is 0 Å². The third-order valence-electron chi connectivity index (χ3n) is 4.42. The van der Waals surface area contributed by atoms with Gasteiger partial charge in [-0.15, -0.1) is 0 Å². The molecule has 3 nitrogen and oxygen atoms in total. The number of aromatic nitrogens is 1. The fourth-order valence-electron chi connectivity index (χ4n) is 3.09. The van der Waals surface area contributed by atoms with E-state index in [1.54, 1.807) is 0 Å². The minimum absolute atomic E-state index is 0.0191. The third kappa shape index (κ3) is 2.94. The number of carbonyl (C=O) groups is 1. The van der Waals surface area contributed by atoms with Gasteiger partial charge < -0.3 is 5.11 Å². The molecule has 6 heteroatoms. The average molecular weight is 335 g/mol. The van der Waals surface area contributed by atoms with Crippen molar-refractivity contribution in [3.05, 3.63) is 65.0 Å². The molecule has 0 amide bonds. The summed E-state index contributed by atoms with van der Waals surface area (Å²) in [4.78, 5) is 16.4. The van der Waals surface area contributed by atoms with E-state index in [4.69, 9.17) is 0 Å². The van der Waals surface area contributed by atoms with Crippen LogP contribution in [0.4, 0.5) is 13.2 Å². The molecule has 1 aromatic carbocycles. The van der Waals surface area contributed by atoms with Crippen LogP contribution in [-0.4, -0.2) is 15.9 Å². The first-order chi connectivity index (χ1) is 11.4. The zero-order chi connectivity index (χ0) is 17.3. The molecule has 0 bridgehead atoms. The number of benzene rings is 1. The lowest BCUT2D eigenvalue weighted by atomic mass is 9.77. The van der Waals surface area contributed by atoms with E-state index >= 15 is 4.39 Å². The summed E-state index contributed by atoms with van der Waals surface area (Å²) in [6, 6.07) is 6.05. The number of carbonyl (C=O) groups excluding carboxylic acids is 1. The van der Waals surface area contributed by atoms with Crippen LogP contribution >= 0.6 is 0 Å². The molecule has 0 fully saturated rings. The molecule has 2 atom stereocenters. The number of aryl methyl sites for hydroxylation is 1. The summed E-state index contributed by atoms with van der Waals surface area (Å²) in [6.45, 7) is 0. The number of ketones is 1. The van der Waals surface area contributed by atoms with Gasteiger partial charge >= 0.3 is 0 Å². The predicted octanol–water partition coefficient (Wildman–Crippen LogP) is 3.55. The highest BCUT2D eigenvalue weighted by molar-refractivity contribution is 5.89. The van der Waals surface area contributed by atoms with Gasteiger partial charge in [0.05, 0.1) is 11.8 Å². The van der Waals surface area contributed by atoms with Gasteiger partial charge in [0.25, 0.3) is 0 Å². The Morgan fingerprint density at radius 2 is 2.12 bits per heavy atom. The van der Waals surface area contributed by atoms with Crippen molar-refractivity contribution < 1.29 is 23.1 Å². The Morgan fingerprint density at radius 3 is 2.88 bits per heavy atom. The second-order valence-corrected chi connectivity index (χ2v) is 5.95. The summed E-state index contributed by atoms with van der Waals surface area (Å²) in [5.41, 5.74) is -1.82. The van der Waals surface area contributed by atoms with Gasteiger partial charge in [-0.3, -0.25) is 9.78 Å². The van der Waals surface area contributed by atoms with E-state index in [9.17, 15) is 18.7 Å². The zero-order valence-electron chi connectivity index (χ0n) is 12.8. The molecule has 24 heavy (non-hydrogen) atoms. The van der Waals surface area contributed by atoms with Crippen LogP contribution in [0, 0.1) is 11.6 Å². The van der Waals surface area contributed by atoms with Gasteiger partial charge in [0.15, 0.2) is 11.5 Å². The average Bonchev–Trinajstić information content (AvgIpc) is 2.57. The molecule has 1 N–H and O–H groups in total. The lowest BCUT2D eigenvalue weighted by Gasteiger charge is -2.32. The Bertz CT molecular complexity index is 781. The number of Topliss-reactive ketones (excluding diaryl/α,β-unsaturated/α-hetero) is 1. The quantitative estimate of drug-likeness (QED) is 0.929. The van der Waals surface area contributed by atoms with Crippen LogP contribution in [0.5, 0.6) is 0 Å². The smallest absolute Gasteiger partial charge is 0.195 e. The first-order valence-corrected chi connectivity index (χ1v) is 7.71. The van der Waals surface area contributed by atoms with Crippen molar-refractivity contribution in [2.75, 3.05) is 0 Å². The van der Waals surface area contributed by atoms with E-state index in [2.05, 4.69) is 4.98 Å². The normalized spacial score (nSPS) is 22.9. The Labute approximate surface area is 137 Å². The van der Waals surface area contributed by atoms with E-state index < -0.39 is 29.2 Å². The van der Waals surface area contributed by atoms with Crippen LogP contribution in [0.1, 0.15) is 42.2 Å².